The van der Waals surface area contributed by atoms with Crippen molar-refractivity contribution < 1.29 is 14.4 Å². The number of ether oxygens (including phenoxy) is 2. The SMILES string of the molecule is Cc1cccc(OCCOc2ccc([N+](=O)[O-])cc2/C=N/Nc2nc3ccccc3s2)c1. The third kappa shape index (κ3) is 5.38. The van der Waals surface area contributed by atoms with Crippen LogP contribution in [0.25, 0.3) is 10.2 Å². The molecule has 1 heterocycles. The topological polar surface area (TPSA) is 98.9 Å². The highest BCUT2D eigenvalue weighted by atomic mass is 32.1. The van der Waals surface area contributed by atoms with Gasteiger partial charge in [-0.2, -0.15) is 5.10 Å². The van der Waals surface area contributed by atoms with Crippen LogP contribution >= 0.6 is 11.3 Å². The van der Waals surface area contributed by atoms with Gasteiger partial charge in [-0.3, -0.25) is 15.5 Å². The molecule has 0 unspecified atom stereocenters. The Morgan fingerprint density at radius 1 is 1.09 bits per heavy atom. The number of hydrogen-bond acceptors (Lipinski definition) is 8. The minimum absolute atomic E-state index is 0.0465. The summed E-state index contributed by atoms with van der Waals surface area (Å²) in [5.74, 6) is 1.23. The minimum Gasteiger partial charge on any atom is -0.490 e. The molecular weight excluding hydrogens is 428 g/mol. The van der Waals surface area contributed by atoms with Gasteiger partial charge in [-0.05, 0) is 42.8 Å². The number of aryl methyl sites for hydroxylation is 1. The van der Waals surface area contributed by atoms with Crippen molar-refractivity contribution in [2.75, 3.05) is 18.6 Å². The van der Waals surface area contributed by atoms with E-state index in [1.54, 1.807) is 6.07 Å². The van der Waals surface area contributed by atoms with Crippen molar-refractivity contribution >= 4 is 38.6 Å². The summed E-state index contributed by atoms with van der Waals surface area (Å²) in [6, 6.07) is 19.9. The fraction of sp³-hybridized carbons (Fsp3) is 0.130. The maximum Gasteiger partial charge on any atom is 0.270 e. The Bertz CT molecular complexity index is 1240. The summed E-state index contributed by atoms with van der Waals surface area (Å²) < 4.78 is 12.5. The van der Waals surface area contributed by atoms with Crippen molar-refractivity contribution in [2.24, 2.45) is 5.10 Å². The van der Waals surface area contributed by atoms with E-state index in [9.17, 15) is 10.1 Å². The number of hydrogen-bond donors (Lipinski definition) is 1. The van der Waals surface area contributed by atoms with E-state index in [1.807, 2.05) is 55.5 Å². The second-order valence-corrected chi connectivity index (χ2v) is 7.88. The van der Waals surface area contributed by atoms with Gasteiger partial charge in [0.25, 0.3) is 5.69 Å². The number of benzene rings is 3. The van der Waals surface area contributed by atoms with Crippen LogP contribution in [0.4, 0.5) is 10.8 Å². The Morgan fingerprint density at radius 3 is 2.75 bits per heavy atom. The number of aromatic nitrogens is 1. The largest absolute Gasteiger partial charge is 0.490 e. The molecule has 0 fully saturated rings. The second-order valence-electron chi connectivity index (χ2n) is 6.85. The third-order valence-electron chi connectivity index (χ3n) is 4.46. The van der Waals surface area contributed by atoms with Crippen molar-refractivity contribution in [1.82, 2.24) is 4.98 Å². The number of nitrogens with zero attached hydrogens (tertiary/aromatic N) is 3. The quantitative estimate of drug-likeness (QED) is 0.159. The molecule has 162 valence electrons. The molecule has 0 spiro atoms. The first-order valence-electron chi connectivity index (χ1n) is 9.84. The fourth-order valence-electron chi connectivity index (χ4n) is 2.98. The van der Waals surface area contributed by atoms with Crippen LogP contribution in [0.1, 0.15) is 11.1 Å². The number of para-hydroxylation sites is 1. The fourth-order valence-corrected chi connectivity index (χ4v) is 3.79. The molecular formula is C23H20N4O4S. The van der Waals surface area contributed by atoms with Gasteiger partial charge in [0.15, 0.2) is 0 Å². The zero-order valence-corrected chi connectivity index (χ0v) is 18.0. The highest BCUT2D eigenvalue weighted by Gasteiger charge is 2.11. The number of thiazole rings is 1. The van der Waals surface area contributed by atoms with E-state index in [4.69, 9.17) is 9.47 Å². The monoisotopic (exact) mass is 448 g/mol. The van der Waals surface area contributed by atoms with Crippen molar-refractivity contribution in [3.8, 4) is 11.5 Å². The van der Waals surface area contributed by atoms with Gasteiger partial charge in [0.2, 0.25) is 5.13 Å². The van der Waals surface area contributed by atoms with Crippen molar-refractivity contribution in [2.45, 2.75) is 6.92 Å². The Labute approximate surface area is 188 Å². The van der Waals surface area contributed by atoms with Gasteiger partial charge in [-0.15, -0.1) is 0 Å². The smallest absolute Gasteiger partial charge is 0.270 e. The zero-order chi connectivity index (χ0) is 22.3. The molecule has 1 N–H and O–H groups in total. The first-order chi connectivity index (χ1) is 15.6. The van der Waals surface area contributed by atoms with Gasteiger partial charge in [0.05, 0.1) is 21.4 Å². The average Bonchev–Trinajstić information content (AvgIpc) is 3.20. The maximum atomic E-state index is 11.2. The second kappa shape index (κ2) is 9.88. The molecule has 0 radical (unpaired) electrons. The lowest BCUT2D eigenvalue weighted by atomic mass is 10.2. The van der Waals surface area contributed by atoms with Crippen LogP contribution in [-0.4, -0.2) is 29.3 Å². The van der Waals surface area contributed by atoms with E-state index in [2.05, 4.69) is 15.5 Å². The van der Waals surface area contributed by atoms with Gasteiger partial charge in [0.1, 0.15) is 24.7 Å². The summed E-state index contributed by atoms with van der Waals surface area (Å²) in [7, 11) is 0. The Morgan fingerprint density at radius 2 is 1.94 bits per heavy atom. The van der Waals surface area contributed by atoms with E-state index in [1.165, 1.54) is 29.7 Å². The summed E-state index contributed by atoms with van der Waals surface area (Å²) in [6.45, 7) is 2.60. The average molecular weight is 449 g/mol. The lowest BCUT2D eigenvalue weighted by Gasteiger charge is -2.10. The predicted octanol–water partition coefficient (Wildman–Crippen LogP) is 5.42. The molecule has 32 heavy (non-hydrogen) atoms. The lowest BCUT2D eigenvalue weighted by Crippen LogP contribution is -2.10. The molecule has 0 amide bonds. The van der Waals surface area contributed by atoms with E-state index >= 15 is 0 Å². The third-order valence-corrected chi connectivity index (χ3v) is 5.40. The molecule has 3 aromatic carbocycles. The van der Waals surface area contributed by atoms with E-state index in [-0.39, 0.29) is 12.3 Å². The number of rotatable bonds is 9. The normalized spacial score (nSPS) is 11.0. The number of nitro benzene ring substituents is 1. The van der Waals surface area contributed by atoms with Crippen LogP contribution in [0.5, 0.6) is 11.5 Å². The number of non-ortho nitro benzene ring substituents is 1. The molecule has 9 heteroatoms. The van der Waals surface area contributed by atoms with Crippen LogP contribution in [0.2, 0.25) is 0 Å². The van der Waals surface area contributed by atoms with Gasteiger partial charge in [0, 0.05) is 17.7 Å². The Kier molecular flexibility index (Phi) is 6.57. The van der Waals surface area contributed by atoms with E-state index in [0.717, 1.165) is 21.5 Å². The first kappa shape index (κ1) is 21.3. The summed E-state index contributed by atoms with van der Waals surface area (Å²) in [6.07, 6.45) is 1.48. The van der Waals surface area contributed by atoms with Crippen LogP contribution in [0.3, 0.4) is 0 Å². The predicted molar refractivity (Wildman–Crippen MR) is 126 cm³/mol. The molecule has 0 aliphatic heterocycles. The van der Waals surface area contributed by atoms with Gasteiger partial charge < -0.3 is 9.47 Å². The van der Waals surface area contributed by atoms with Crippen molar-refractivity contribution in [1.29, 1.82) is 0 Å². The number of nitro groups is 1. The zero-order valence-electron chi connectivity index (χ0n) is 17.2. The molecule has 0 aliphatic rings. The van der Waals surface area contributed by atoms with Crippen molar-refractivity contribution in [3.63, 3.8) is 0 Å². The maximum absolute atomic E-state index is 11.2. The molecule has 0 bridgehead atoms. The van der Waals surface area contributed by atoms with E-state index in [0.29, 0.717) is 23.1 Å². The Balaban J connectivity index is 1.42. The van der Waals surface area contributed by atoms with Crippen LogP contribution in [-0.2, 0) is 0 Å². The minimum atomic E-state index is -0.455. The summed E-state index contributed by atoms with van der Waals surface area (Å²) in [4.78, 5) is 15.2. The molecule has 4 rings (SSSR count). The van der Waals surface area contributed by atoms with Gasteiger partial charge in [-0.25, -0.2) is 4.98 Å². The van der Waals surface area contributed by atoms with Gasteiger partial charge >= 0.3 is 0 Å². The molecule has 0 saturated carbocycles. The van der Waals surface area contributed by atoms with Gasteiger partial charge in [-0.1, -0.05) is 35.6 Å². The standard InChI is InChI=1S/C23H20N4O4S/c1-16-5-4-6-19(13-16)30-11-12-31-21-10-9-18(27(28)29)14-17(21)15-24-26-23-25-20-7-2-3-8-22(20)32-23/h2-10,13-15H,11-12H2,1H3,(H,25,26)/b24-15+. The summed E-state index contributed by atoms with van der Waals surface area (Å²) in [5, 5.41) is 16.0. The lowest BCUT2D eigenvalue weighted by molar-refractivity contribution is -0.384. The number of nitrogens with one attached hydrogen (secondary N) is 1. The molecule has 0 atom stereocenters. The number of hydrazone groups is 1. The number of anilines is 1. The summed E-state index contributed by atoms with van der Waals surface area (Å²) >= 11 is 1.47. The molecule has 0 saturated heterocycles. The van der Waals surface area contributed by atoms with Crippen LogP contribution in [0.15, 0.2) is 71.8 Å². The van der Waals surface area contributed by atoms with E-state index < -0.39 is 4.92 Å². The molecule has 8 nitrogen and oxygen atoms in total. The van der Waals surface area contributed by atoms with Crippen LogP contribution in [0, 0.1) is 17.0 Å². The highest BCUT2D eigenvalue weighted by Crippen LogP contribution is 2.26. The van der Waals surface area contributed by atoms with Crippen molar-refractivity contribution in [3.05, 3.63) is 88.0 Å². The molecule has 1 aromatic heterocycles. The van der Waals surface area contributed by atoms with Crippen LogP contribution < -0.4 is 14.9 Å². The molecule has 4 aromatic rings. The Hall–Kier alpha value is -3.98. The molecule has 0 aliphatic carbocycles. The highest BCUT2D eigenvalue weighted by molar-refractivity contribution is 7.22. The number of fused-ring (bicyclic) bond motifs is 1. The summed E-state index contributed by atoms with van der Waals surface area (Å²) in [5.41, 5.74) is 5.30. The first-order valence-corrected chi connectivity index (χ1v) is 10.7.